The zero-order valence-electron chi connectivity index (χ0n) is 8.99. The van der Waals surface area contributed by atoms with Gasteiger partial charge < -0.3 is 10.6 Å². The van der Waals surface area contributed by atoms with Crippen LogP contribution < -0.4 is 10.6 Å². The summed E-state index contributed by atoms with van der Waals surface area (Å²) in [6.07, 6.45) is 4.80. The summed E-state index contributed by atoms with van der Waals surface area (Å²) in [6, 6.07) is 3.86. The van der Waals surface area contributed by atoms with Crippen LogP contribution in [-0.4, -0.2) is 31.0 Å². The highest BCUT2D eigenvalue weighted by molar-refractivity contribution is 5.76. The Morgan fingerprint density at radius 1 is 1.33 bits per heavy atom. The van der Waals surface area contributed by atoms with Gasteiger partial charge in [0.05, 0.1) is 0 Å². The van der Waals surface area contributed by atoms with Crippen molar-refractivity contribution < 1.29 is 4.79 Å². The predicted octanol–water partition coefficient (Wildman–Crippen LogP) is 0.350. The largest absolute Gasteiger partial charge is 0.355 e. The van der Waals surface area contributed by atoms with E-state index in [-0.39, 0.29) is 5.91 Å². The maximum atomic E-state index is 11.3. The molecule has 0 bridgehead atoms. The third kappa shape index (κ3) is 5.12. The normalized spacial score (nSPS) is 9.93. The minimum Gasteiger partial charge on any atom is -0.355 e. The lowest BCUT2D eigenvalue weighted by atomic mass is 10.1. The zero-order chi connectivity index (χ0) is 10.9. The van der Waals surface area contributed by atoms with Crippen LogP contribution in [0.25, 0.3) is 0 Å². The van der Waals surface area contributed by atoms with E-state index in [0.29, 0.717) is 13.0 Å². The lowest BCUT2D eigenvalue weighted by Gasteiger charge is -2.04. The first kappa shape index (κ1) is 11.7. The molecule has 0 aromatic carbocycles. The first-order chi connectivity index (χ1) is 7.33. The fourth-order valence-corrected chi connectivity index (χ4v) is 1.22. The molecule has 4 nitrogen and oxygen atoms in total. The molecule has 0 aliphatic rings. The molecule has 4 heteroatoms. The maximum Gasteiger partial charge on any atom is 0.220 e. The molecular weight excluding hydrogens is 190 g/mol. The standard InChI is InChI=1S/C11H17N3O/c1-12-8-9-14-11(15)3-2-10-4-6-13-7-5-10/h4-7,12H,2-3,8-9H2,1H3,(H,14,15). The average molecular weight is 207 g/mol. The summed E-state index contributed by atoms with van der Waals surface area (Å²) in [5, 5.41) is 5.81. The van der Waals surface area contributed by atoms with E-state index >= 15 is 0 Å². The molecule has 1 aromatic rings. The lowest BCUT2D eigenvalue weighted by Crippen LogP contribution is -2.30. The van der Waals surface area contributed by atoms with Gasteiger partial charge in [-0.2, -0.15) is 0 Å². The van der Waals surface area contributed by atoms with E-state index in [1.165, 1.54) is 0 Å². The third-order valence-corrected chi connectivity index (χ3v) is 2.09. The number of rotatable bonds is 6. The molecule has 15 heavy (non-hydrogen) atoms. The number of aromatic nitrogens is 1. The molecule has 0 saturated heterocycles. The van der Waals surface area contributed by atoms with E-state index in [2.05, 4.69) is 15.6 Å². The van der Waals surface area contributed by atoms with Gasteiger partial charge >= 0.3 is 0 Å². The monoisotopic (exact) mass is 207 g/mol. The Morgan fingerprint density at radius 2 is 2.07 bits per heavy atom. The zero-order valence-corrected chi connectivity index (χ0v) is 8.99. The number of aryl methyl sites for hydroxylation is 1. The number of hydrogen-bond acceptors (Lipinski definition) is 3. The number of pyridine rings is 1. The summed E-state index contributed by atoms with van der Waals surface area (Å²) in [6.45, 7) is 1.49. The molecule has 1 amide bonds. The van der Waals surface area contributed by atoms with Gasteiger partial charge in [-0.1, -0.05) is 0 Å². The first-order valence-electron chi connectivity index (χ1n) is 5.13. The maximum absolute atomic E-state index is 11.3. The van der Waals surface area contributed by atoms with Gasteiger partial charge in [0.2, 0.25) is 5.91 Å². The van der Waals surface area contributed by atoms with Crippen LogP contribution in [0.1, 0.15) is 12.0 Å². The van der Waals surface area contributed by atoms with Crippen molar-refractivity contribution in [3.8, 4) is 0 Å². The molecular formula is C11H17N3O. The van der Waals surface area contributed by atoms with Crippen LogP contribution in [0.2, 0.25) is 0 Å². The molecule has 0 atom stereocenters. The summed E-state index contributed by atoms with van der Waals surface area (Å²) in [5.41, 5.74) is 1.15. The molecule has 0 saturated carbocycles. The van der Waals surface area contributed by atoms with Gasteiger partial charge in [-0.3, -0.25) is 9.78 Å². The lowest BCUT2D eigenvalue weighted by molar-refractivity contribution is -0.121. The number of carbonyl (C=O) groups excluding carboxylic acids is 1. The van der Waals surface area contributed by atoms with E-state index < -0.39 is 0 Å². The van der Waals surface area contributed by atoms with E-state index in [4.69, 9.17) is 0 Å². The fraction of sp³-hybridized carbons (Fsp3) is 0.455. The highest BCUT2D eigenvalue weighted by Gasteiger charge is 2.00. The van der Waals surface area contributed by atoms with E-state index in [9.17, 15) is 4.79 Å². The Labute approximate surface area is 90.1 Å². The second-order valence-electron chi connectivity index (χ2n) is 3.31. The molecule has 2 N–H and O–H groups in total. The number of amides is 1. The van der Waals surface area contributed by atoms with Crippen molar-refractivity contribution in [1.82, 2.24) is 15.6 Å². The topological polar surface area (TPSA) is 54.0 Å². The van der Waals surface area contributed by atoms with E-state index in [1.807, 2.05) is 19.2 Å². The Bertz CT molecular complexity index is 287. The van der Waals surface area contributed by atoms with Crippen LogP contribution in [0.4, 0.5) is 0 Å². The second kappa shape index (κ2) is 6.95. The minimum absolute atomic E-state index is 0.0991. The molecule has 0 fully saturated rings. The van der Waals surface area contributed by atoms with Gasteiger partial charge in [0.25, 0.3) is 0 Å². The average Bonchev–Trinajstić information content (AvgIpc) is 2.28. The molecule has 0 unspecified atom stereocenters. The Hall–Kier alpha value is -1.42. The summed E-state index contributed by atoms with van der Waals surface area (Å²) in [5.74, 6) is 0.0991. The van der Waals surface area contributed by atoms with Crippen molar-refractivity contribution in [2.45, 2.75) is 12.8 Å². The van der Waals surface area contributed by atoms with Crippen LogP contribution in [-0.2, 0) is 11.2 Å². The van der Waals surface area contributed by atoms with Crippen LogP contribution in [0.3, 0.4) is 0 Å². The number of hydrogen-bond donors (Lipinski definition) is 2. The number of likely N-dealkylation sites (N-methyl/N-ethyl adjacent to an activating group) is 1. The summed E-state index contributed by atoms with van der Waals surface area (Å²) < 4.78 is 0. The minimum atomic E-state index is 0.0991. The van der Waals surface area contributed by atoms with Gasteiger partial charge in [-0.15, -0.1) is 0 Å². The van der Waals surface area contributed by atoms with Crippen molar-refractivity contribution in [3.05, 3.63) is 30.1 Å². The third-order valence-electron chi connectivity index (χ3n) is 2.09. The van der Waals surface area contributed by atoms with Crippen molar-refractivity contribution in [1.29, 1.82) is 0 Å². The molecule has 82 valence electrons. The molecule has 0 radical (unpaired) electrons. The van der Waals surface area contributed by atoms with Crippen molar-refractivity contribution in [2.24, 2.45) is 0 Å². The van der Waals surface area contributed by atoms with Gasteiger partial charge in [-0.05, 0) is 31.2 Å². The molecule has 1 aromatic heterocycles. The molecule has 0 spiro atoms. The van der Waals surface area contributed by atoms with Gasteiger partial charge in [0, 0.05) is 31.9 Å². The van der Waals surface area contributed by atoms with Crippen molar-refractivity contribution >= 4 is 5.91 Å². The van der Waals surface area contributed by atoms with Crippen molar-refractivity contribution in [3.63, 3.8) is 0 Å². The van der Waals surface area contributed by atoms with Gasteiger partial charge in [0.15, 0.2) is 0 Å². The first-order valence-corrected chi connectivity index (χ1v) is 5.13. The highest BCUT2D eigenvalue weighted by atomic mass is 16.1. The number of nitrogens with one attached hydrogen (secondary N) is 2. The Balaban J connectivity index is 2.17. The molecule has 0 aliphatic heterocycles. The summed E-state index contributed by atoms with van der Waals surface area (Å²) >= 11 is 0. The molecule has 1 rings (SSSR count). The highest BCUT2D eigenvalue weighted by Crippen LogP contribution is 2.00. The Kier molecular flexibility index (Phi) is 5.40. The quantitative estimate of drug-likeness (QED) is 0.662. The fourth-order valence-electron chi connectivity index (χ4n) is 1.22. The second-order valence-corrected chi connectivity index (χ2v) is 3.31. The van der Waals surface area contributed by atoms with E-state index in [1.54, 1.807) is 12.4 Å². The van der Waals surface area contributed by atoms with Crippen molar-refractivity contribution in [2.75, 3.05) is 20.1 Å². The number of nitrogens with zero attached hydrogens (tertiary/aromatic N) is 1. The van der Waals surface area contributed by atoms with Crippen LogP contribution >= 0.6 is 0 Å². The molecule has 0 aliphatic carbocycles. The smallest absolute Gasteiger partial charge is 0.220 e. The van der Waals surface area contributed by atoms with Crippen LogP contribution in [0, 0.1) is 0 Å². The van der Waals surface area contributed by atoms with Crippen LogP contribution in [0.15, 0.2) is 24.5 Å². The summed E-state index contributed by atoms with van der Waals surface area (Å²) in [4.78, 5) is 15.3. The number of carbonyl (C=O) groups is 1. The van der Waals surface area contributed by atoms with E-state index in [0.717, 1.165) is 18.5 Å². The van der Waals surface area contributed by atoms with Gasteiger partial charge in [0.1, 0.15) is 0 Å². The SMILES string of the molecule is CNCCNC(=O)CCc1ccncc1. The van der Waals surface area contributed by atoms with Crippen LogP contribution in [0.5, 0.6) is 0 Å². The van der Waals surface area contributed by atoms with Gasteiger partial charge in [-0.25, -0.2) is 0 Å². The predicted molar refractivity (Wildman–Crippen MR) is 59.5 cm³/mol. The Morgan fingerprint density at radius 3 is 2.73 bits per heavy atom. The molecule has 1 heterocycles. The summed E-state index contributed by atoms with van der Waals surface area (Å²) in [7, 11) is 1.86.